The van der Waals surface area contributed by atoms with Crippen LogP contribution in [-0.2, 0) is 16.6 Å². The zero-order chi connectivity index (χ0) is 17.4. The van der Waals surface area contributed by atoms with Crippen LogP contribution >= 0.6 is 0 Å². The summed E-state index contributed by atoms with van der Waals surface area (Å²) in [6.07, 6.45) is 3.33. The summed E-state index contributed by atoms with van der Waals surface area (Å²) >= 11 is 0. The first-order valence-corrected chi connectivity index (χ1v) is 8.89. The van der Waals surface area contributed by atoms with Gasteiger partial charge >= 0.3 is 0 Å². The Kier molecular flexibility index (Phi) is 4.17. The molecule has 3 heterocycles. The Morgan fingerprint density at radius 1 is 1.32 bits per heavy atom. The van der Waals surface area contributed by atoms with Crippen LogP contribution in [0, 0.1) is 0 Å². The van der Waals surface area contributed by atoms with Crippen molar-refractivity contribution in [2.24, 2.45) is 7.05 Å². The Labute approximate surface area is 146 Å². The number of nitrogens with one attached hydrogen (secondary N) is 3. The first-order valence-electron chi connectivity index (χ1n) is 8.89. The highest BCUT2D eigenvalue weighted by molar-refractivity contribution is 6.02. The number of hydrogen-bond acceptors (Lipinski definition) is 5. The van der Waals surface area contributed by atoms with Gasteiger partial charge in [-0.1, -0.05) is 0 Å². The lowest BCUT2D eigenvalue weighted by Crippen LogP contribution is -2.39. The van der Waals surface area contributed by atoms with Gasteiger partial charge in [-0.2, -0.15) is 5.10 Å². The molecule has 2 aromatic rings. The number of imide groups is 1. The van der Waals surface area contributed by atoms with Crippen molar-refractivity contribution in [3.8, 4) is 0 Å². The third kappa shape index (κ3) is 3.11. The molecule has 2 atom stereocenters. The molecule has 4 rings (SSSR count). The lowest BCUT2D eigenvalue weighted by atomic mass is 9.93. The molecule has 0 spiro atoms. The average molecular weight is 341 g/mol. The molecule has 7 nitrogen and oxygen atoms in total. The molecule has 2 aliphatic rings. The van der Waals surface area contributed by atoms with Crippen molar-refractivity contribution >= 4 is 28.4 Å². The summed E-state index contributed by atoms with van der Waals surface area (Å²) in [6, 6.07) is 6.66. The first-order chi connectivity index (χ1) is 12.1. The molecule has 1 aromatic heterocycles. The van der Waals surface area contributed by atoms with Crippen LogP contribution in [0.3, 0.4) is 0 Å². The van der Waals surface area contributed by atoms with Crippen LogP contribution < -0.4 is 16.0 Å². The summed E-state index contributed by atoms with van der Waals surface area (Å²) < 4.78 is 1.81. The highest BCUT2D eigenvalue weighted by Gasteiger charge is 2.31. The maximum absolute atomic E-state index is 12.2. The zero-order valence-electron chi connectivity index (χ0n) is 14.3. The Morgan fingerprint density at radius 3 is 2.96 bits per heavy atom. The predicted octanol–water partition coefficient (Wildman–Crippen LogP) is 1.26. The van der Waals surface area contributed by atoms with Crippen LogP contribution in [0.2, 0.25) is 0 Å². The predicted molar refractivity (Wildman–Crippen MR) is 95.4 cm³/mol. The van der Waals surface area contributed by atoms with Crippen molar-refractivity contribution in [1.29, 1.82) is 0 Å². The molecule has 2 saturated heterocycles. The second-order valence-corrected chi connectivity index (χ2v) is 6.92. The van der Waals surface area contributed by atoms with Gasteiger partial charge in [-0.25, -0.2) is 0 Å². The maximum atomic E-state index is 12.2. The molecule has 1 unspecified atom stereocenters. The van der Waals surface area contributed by atoms with Crippen molar-refractivity contribution in [3.63, 3.8) is 0 Å². The fourth-order valence-electron chi connectivity index (χ4n) is 3.78. The van der Waals surface area contributed by atoms with Gasteiger partial charge in [-0.3, -0.25) is 19.6 Å². The van der Waals surface area contributed by atoms with Gasteiger partial charge in [0.1, 0.15) is 0 Å². The van der Waals surface area contributed by atoms with Crippen molar-refractivity contribution in [2.45, 2.75) is 37.6 Å². The molecule has 0 bridgehead atoms. The smallest absolute Gasteiger partial charge is 0.235 e. The van der Waals surface area contributed by atoms with Gasteiger partial charge in [0.05, 0.1) is 17.1 Å². The minimum atomic E-state index is -0.358. The van der Waals surface area contributed by atoms with E-state index < -0.39 is 0 Å². The molecule has 2 amide bonds. The quantitative estimate of drug-likeness (QED) is 0.729. The van der Waals surface area contributed by atoms with Gasteiger partial charge in [0.25, 0.3) is 0 Å². The SMILES string of the molecule is Cn1nc(C2CCC(=O)NC2=O)c2ccc(NC[C@H]3CCCN3)cc21. The van der Waals surface area contributed by atoms with Crippen LogP contribution in [0.15, 0.2) is 18.2 Å². The Balaban J connectivity index is 1.58. The molecule has 2 fully saturated rings. The van der Waals surface area contributed by atoms with E-state index in [2.05, 4.69) is 27.1 Å². The third-order valence-corrected chi connectivity index (χ3v) is 5.16. The van der Waals surface area contributed by atoms with E-state index in [-0.39, 0.29) is 17.7 Å². The lowest BCUT2D eigenvalue weighted by molar-refractivity contribution is -0.134. The highest BCUT2D eigenvalue weighted by atomic mass is 16.2. The van der Waals surface area contributed by atoms with E-state index in [0.29, 0.717) is 18.9 Å². The highest BCUT2D eigenvalue weighted by Crippen LogP contribution is 2.31. The first kappa shape index (κ1) is 16.1. The Hall–Kier alpha value is -2.41. The second-order valence-electron chi connectivity index (χ2n) is 6.92. The number of nitrogens with zero attached hydrogens (tertiary/aromatic N) is 2. The molecule has 0 saturated carbocycles. The van der Waals surface area contributed by atoms with E-state index in [0.717, 1.165) is 35.4 Å². The fraction of sp³-hybridized carbons (Fsp3) is 0.500. The molecule has 132 valence electrons. The fourth-order valence-corrected chi connectivity index (χ4v) is 3.78. The van der Waals surface area contributed by atoms with E-state index in [1.54, 1.807) is 0 Å². The molecular weight excluding hydrogens is 318 g/mol. The van der Waals surface area contributed by atoms with Crippen molar-refractivity contribution < 1.29 is 9.59 Å². The molecule has 3 N–H and O–H groups in total. The van der Waals surface area contributed by atoms with Crippen molar-refractivity contribution in [1.82, 2.24) is 20.4 Å². The van der Waals surface area contributed by atoms with Gasteiger partial charge in [0.2, 0.25) is 11.8 Å². The molecule has 0 aliphatic carbocycles. The number of benzene rings is 1. The summed E-state index contributed by atoms with van der Waals surface area (Å²) in [7, 11) is 1.89. The molecule has 25 heavy (non-hydrogen) atoms. The van der Waals surface area contributed by atoms with Gasteiger partial charge in [-0.15, -0.1) is 0 Å². The summed E-state index contributed by atoms with van der Waals surface area (Å²) in [5.41, 5.74) is 2.80. The van der Waals surface area contributed by atoms with E-state index in [1.165, 1.54) is 12.8 Å². The monoisotopic (exact) mass is 341 g/mol. The number of carbonyl (C=O) groups excluding carboxylic acids is 2. The number of anilines is 1. The number of amides is 2. The minimum absolute atomic E-state index is 0.200. The number of hydrogen-bond donors (Lipinski definition) is 3. The van der Waals surface area contributed by atoms with E-state index >= 15 is 0 Å². The van der Waals surface area contributed by atoms with E-state index in [9.17, 15) is 9.59 Å². The Bertz CT molecular complexity index is 822. The molecular formula is C18H23N5O2. The van der Waals surface area contributed by atoms with Gasteiger partial charge in [0, 0.05) is 37.1 Å². The average Bonchev–Trinajstić information content (AvgIpc) is 3.22. The number of aromatic nitrogens is 2. The Morgan fingerprint density at radius 2 is 2.20 bits per heavy atom. The molecule has 2 aliphatic heterocycles. The molecule has 7 heteroatoms. The maximum Gasteiger partial charge on any atom is 0.235 e. The van der Waals surface area contributed by atoms with Gasteiger partial charge in [-0.05, 0) is 44.0 Å². The summed E-state index contributed by atoms with van der Waals surface area (Å²) in [4.78, 5) is 23.5. The van der Waals surface area contributed by atoms with Crippen molar-refractivity contribution in [3.05, 3.63) is 23.9 Å². The summed E-state index contributed by atoms with van der Waals surface area (Å²) in [5, 5.41) is 14.9. The summed E-state index contributed by atoms with van der Waals surface area (Å²) in [6.45, 7) is 2.01. The van der Waals surface area contributed by atoms with Crippen LogP contribution in [0.1, 0.15) is 37.3 Å². The number of rotatable bonds is 4. The standard InChI is InChI=1S/C18H23N5O2/c1-23-15-9-11(20-10-12-3-2-8-19-12)4-5-13(15)17(22-23)14-6-7-16(24)21-18(14)25/h4-5,9,12,14,19-20H,2-3,6-8,10H2,1H3,(H,21,24,25)/t12-,14?/m1/s1. The van der Waals surface area contributed by atoms with Crippen molar-refractivity contribution in [2.75, 3.05) is 18.4 Å². The minimum Gasteiger partial charge on any atom is -0.383 e. The number of aryl methyl sites for hydroxylation is 1. The largest absolute Gasteiger partial charge is 0.383 e. The van der Waals surface area contributed by atoms with Gasteiger partial charge < -0.3 is 10.6 Å². The second kappa shape index (κ2) is 6.48. The number of carbonyl (C=O) groups is 2. The van der Waals surface area contributed by atoms with E-state index in [4.69, 9.17) is 0 Å². The van der Waals surface area contributed by atoms with Crippen LogP contribution in [0.4, 0.5) is 5.69 Å². The molecule has 0 radical (unpaired) electrons. The zero-order valence-corrected chi connectivity index (χ0v) is 14.3. The third-order valence-electron chi connectivity index (χ3n) is 5.16. The van der Waals surface area contributed by atoms with Crippen LogP contribution in [0.5, 0.6) is 0 Å². The topological polar surface area (TPSA) is 88.0 Å². The number of piperidine rings is 1. The van der Waals surface area contributed by atoms with Crippen LogP contribution in [-0.4, -0.2) is 40.7 Å². The van der Waals surface area contributed by atoms with Crippen LogP contribution in [0.25, 0.3) is 10.9 Å². The normalized spacial score (nSPS) is 23.9. The van der Waals surface area contributed by atoms with E-state index in [1.807, 2.05) is 23.9 Å². The number of fused-ring (bicyclic) bond motifs is 1. The lowest BCUT2D eigenvalue weighted by Gasteiger charge is -2.19. The van der Waals surface area contributed by atoms with Gasteiger partial charge in [0.15, 0.2) is 0 Å². The summed E-state index contributed by atoms with van der Waals surface area (Å²) in [5.74, 6) is -0.804. The molecule has 1 aromatic carbocycles.